The summed E-state index contributed by atoms with van der Waals surface area (Å²) in [7, 11) is 1.58. The number of nitrogens with one attached hydrogen (secondary N) is 4. The number of benzene rings is 3. The Balaban J connectivity index is 0.942. The van der Waals surface area contributed by atoms with Gasteiger partial charge in [0.05, 0.1) is 5.56 Å². The number of imide groups is 1. The topological polar surface area (TPSA) is 157 Å². The van der Waals surface area contributed by atoms with Gasteiger partial charge < -0.3 is 25.4 Å². The van der Waals surface area contributed by atoms with Crippen molar-refractivity contribution in [1.82, 2.24) is 30.8 Å². The van der Waals surface area contributed by atoms with Crippen LogP contribution in [0.5, 0.6) is 0 Å². The van der Waals surface area contributed by atoms with E-state index in [0.717, 1.165) is 27.7 Å². The van der Waals surface area contributed by atoms with Crippen molar-refractivity contribution in [3.05, 3.63) is 112 Å². The average molecular weight is 798 g/mol. The zero-order chi connectivity index (χ0) is 41.5. The van der Waals surface area contributed by atoms with Gasteiger partial charge in [0, 0.05) is 96.4 Å². The Hall–Kier alpha value is -6.88. The molecule has 1 saturated heterocycles. The first-order valence-corrected chi connectivity index (χ1v) is 19.5. The molecule has 1 atom stereocenters. The van der Waals surface area contributed by atoms with E-state index in [4.69, 9.17) is 0 Å². The molecule has 14 heteroatoms. The van der Waals surface area contributed by atoms with Crippen LogP contribution in [0, 0.1) is 11.8 Å². The van der Waals surface area contributed by atoms with Crippen molar-refractivity contribution in [1.29, 1.82) is 0 Å². The SMILES string of the molecule is CNC(=O)c1c[nH]c2c(C(C)C)cc(N3CCc4cc(-c5ccc(C(=O)NCCC#Cc6cccc7c6CN(C6CCC(=O)NC6=O)C7=O)nc5)c(C(F)F)cc43)cc12. The summed E-state index contributed by atoms with van der Waals surface area (Å²) in [5, 5.41) is 8.55. The van der Waals surface area contributed by atoms with E-state index in [9.17, 15) is 32.8 Å². The van der Waals surface area contributed by atoms with Gasteiger partial charge >= 0.3 is 0 Å². The fourth-order valence-electron chi connectivity index (χ4n) is 8.21. The smallest absolute Gasteiger partial charge is 0.269 e. The largest absolute Gasteiger partial charge is 0.360 e. The van der Waals surface area contributed by atoms with E-state index in [1.54, 1.807) is 43.6 Å². The zero-order valence-electron chi connectivity index (χ0n) is 32.7. The first-order chi connectivity index (χ1) is 28.4. The maximum Gasteiger partial charge on any atom is 0.269 e. The lowest BCUT2D eigenvalue weighted by atomic mass is 9.96. The van der Waals surface area contributed by atoms with Gasteiger partial charge in [-0.3, -0.25) is 34.3 Å². The number of piperidine rings is 1. The molecule has 5 heterocycles. The summed E-state index contributed by atoms with van der Waals surface area (Å²) in [4.78, 5) is 73.9. The monoisotopic (exact) mass is 797 g/mol. The maximum atomic E-state index is 14.7. The van der Waals surface area contributed by atoms with Crippen LogP contribution in [-0.4, -0.2) is 70.6 Å². The summed E-state index contributed by atoms with van der Waals surface area (Å²) in [5.74, 6) is 4.49. The molecule has 0 saturated carbocycles. The van der Waals surface area contributed by atoms with Crippen LogP contribution in [0.4, 0.5) is 20.2 Å². The van der Waals surface area contributed by atoms with E-state index < -0.39 is 24.3 Å². The third kappa shape index (κ3) is 7.28. The molecule has 0 aliphatic carbocycles. The fourth-order valence-corrected chi connectivity index (χ4v) is 8.21. The number of aromatic nitrogens is 2. The molecule has 300 valence electrons. The summed E-state index contributed by atoms with van der Waals surface area (Å²) >= 11 is 0. The quantitative estimate of drug-likeness (QED) is 0.0778. The highest BCUT2D eigenvalue weighted by Gasteiger charge is 2.39. The number of fused-ring (bicyclic) bond motifs is 3. The molecule has 3 aromatic carbocycles. The molecule has 2 aromatic heterocycles. The van der Waals surface area contributed by atoms with Crippen LogP contribution in [0.3, 0.4) is 0 Å². The van der Waals surface area contributed by atoms with Gasteiger partial charge in [0.2, 0.25) is 11.8 Å². The van der Waals surface area contributed by atoms with E-state index in [1.807, 2.05) is 11.0 Å². The number of carbonyl (C=O) groups is 5. The molecular formula is C45H41F2N7O5. The number of alkyl halides is 2. The number of rotatable bonds is 9. The number of halogens is 2. The lowest BCUT2D eigenvalue weighted by molar-refractivity contribution is -0.136. The predicted octanol–water partition coefficient (Wildman–Crippen LogP) is 6.28. The number of carbonyl (C=O) groups excluding carboxylic acids is 5. The lowest BCUT2D eigenvalue weighted by Crippen LogP contribution is -2.52. The molecule has 0 spiro atoms. The van der Waals surface area contributed by atoms with Crippen LogP contribution < -0.4 is 20.9 Å². The fraction of sp³-hybridized carbons (Fsp3) is 0.289. The van der Waals surface area contributed by atoms with Gasteiger partial charge in [0.15, 0.2) is 0 Å². The van der Waals surface area contributed by atoms with Crippen LogP contribution in [0.2, 0.25) is 0 Å². The number of nitrogens with zero attached hydrogens (tertiary/aromatic N) is 3. The average Bonchev–Trinajstić information content (AvgIpc) is 3.95. The Morgan fingerprint density at radius 3 is 2.56 bits per heavy atom. The molecule has 3 aliphatic rings. The van der Waals surface area contributed by atoms with Gasteiger partial charge in [-0.1, -0.05) is 37.8 Å². The Morgan fingerprint density at radius 1 is 1.00 bits per heavy atom. The van der Waals surface area contributed by atoms with Crippen molar-refractivity contribution < 1.29 is 32.8 Å². The number of hydrogen-bond donors (Lipinski definition) is 4. The van der Waals surface area contributed by atoms with E-state index in [2.05, 4.69) is 57.7 Å². The van der Waals surface area contributed by atoms with Gasteiger partial charge in [-0.25, -0.2) is 8.78 Å². The first-order valence-electron chi connectivity index (χ1n) is 19.5. The molecule has 12 nitrogen and oxygen atoms in total. The number of anilines is 2. The number of amides is 5. The first kappa shape index (κ1) is 39.0. The minimum absolute atomic E-state index is 0.123. The predicted molar refractivity (Wildman–Crippen MR) is 217 cm³/mol. The molecule has 1 unspecified atom stereocenters. The zero-order valence-corrected chi connectivity index (χ0v) is 32.7. The van der Waals surface area contributed by atoms with Gasteiger partial charge in [-0.2, -0.15) is 0 Å². The van der Waals surface area contributed by atoms with Crippen LogP contribution >= 0.6 is 0 Å². The number of H-pyrrole nitrogens is 1. The van der Waals surface area contributed by atoms with Gasteiger partial charge in [0.25, 0.3) is 24.1 Å². The Kier molecular flexibility index (Phi) is 10.4. The van der Waals surface area contributed by atoms with Crippen LogP contribution in [0.15, 0.2) is 67.0 Å². The van der Waals surface area contributed by atoms with E-state index in [-0.39, 0.29) is 60.8 Å². The molecule has 4 N–H and O–H groups in total. The number of hydrogen-bond acceptors (Lipinski definition) is 7. The number of pyridine rings is 1. The van der Waals surface area contributed by atoms with Crippen molar-refractivity contribution in [3.63, 3.8) is 0 Å². The molecular weight excluding hydrogens is 757 g/mol. The van der Waals surface area contributed by atoms with Crippen LogP contribution in [0.1, 0.15) is 104 Å². The summed E-state index contributed by atoms with van der Waals surface area (Å²) < 4.78 is 29.5. The molecule has 8 rings (SSSR count). The molecule has 3 aliphatic heterocycles. The van der Waals surface area contributed by atoms with Gasteiger partial charge in [-0.05, 0) is 83.5 Å². The normalized spacial score (nSPS) is 16.0. The summed E-state index contributed by atoms with van der Waals surface area (Å²) in [6.07, 6.45) is 1.71. The van der Waals surface area contributed by atoms with Crippen LogP contribution in [0.25, 0.3) is 22.0 Å². The summed E-state index contributed by atoms with van der Waals surface area (Å²) in [6, 6.07) is 14.9. The molecule has 0 bridgehead atoms. The standard InChI is InChI=1S/C45H41F2N7O5/c1-24(2)30-18-28(19-32-34(42(56)48-3)22-51-40(30)32)53-16-14-26-17-31(33(41(46)47)20-38(26)53)27-10-11-36(50-21-27)43(57)49-15-5-4-7-25-8-6-9-29-35(25)23-54(45(29)59)37-12-13-39(55)52-44(37)58/h6,8-11,17-22,24,37,41,51H,5,12-16,23H2,1-3H3,(H,48,56)(H,49,57)(H,52,55,58). The maximum absolute atomic E-state index is 14.7. The highest BCUT2D eigenvalue weighted by atomic mass is 19.3. The Bertz CT molecular complexity index is 2620. The highest BCUT2D eigenvalue weighted by Crippen LogP contribution is 2.44. The minimum Gasteiger partial charge on any atom is -0.360 e. The lowest BCUT2D eigenvalue weighted by Gasteiger charge is -2.29. The minimum atomic E-state index is -2.78. The van der Waals surface area contributed by atoms with Crippen molar-refractivity contribution in [2.24, 2.45) is 0 Å². The van der Waals surface area contributed by atoms with Crippen molar-refractivity contribution in [2.75, 3.05) is 25.0 Å². The second-order valence-corrected chi connectivity index (χ2v) is 15.1. The molecule has 1 fully saturated rings. The second kappa shape index (κ2) is 15.8. The Labute approximate surface area is 338 Å². The number of aromatic amines is 1. The molecule has 59 heavy (non-hydrogen) atoms. The van der Waals surface area contributed by atoms with E-state index in [1.165, 1.54) is 23.2 Å². The molecule has 5 amide bonds. The molecule has 0 radical (unpaired) electrons. The van der Waals surface area contributed by atoms with Gasteiger partial charge in [-0.15, -0.1) is 0 Å². The van der Waals surface area contributed by atoms with E-state index >= 15 is 0 Å². The highest BCUT2D eigenvalue weighted by molar-refractivity contribution is 6.09. The molecule has 5 aromatic rings. The third-order valence-electron chi connectivity index (χ3n) is 11.2. The Morgan fingerprint density at radius 2 is 1.83 bits per heavy atom. The summed E-state index contributed by atoms with van der Waals surface area (Å²) in [6.45, 7) is 5.13. The van der Waals surface area contributed by atoms with Crippen molar-refractivity contribution in [3.8, 4) is 23.0 Å². The van der Waals surface area contributed by atoms with Crippen LogP contribution in [-0.2, 0) is 22.6 Å². The third-order valence-corrected chi connectivity index (χ3v) is 11.2. The van der Waals surface area contributed by atoms with Crippen molar-refractivity contribution in [2.45, 2.75) is 64.5 Å². The summed E-state index contributed by atoms with van der Waals surface area (Å²) in [5.41, 5.74) is 7.41. The van der Waals surface area contributed by atoms with Gasteiger partial charge in [0.1, 0.15) is 11.7 Å². The van der Waals surface area contributed by atoms with Crippen molar-refractivity contribution >= 4 is 51.8 Å². The second-order valence-electron chi connectivity index (χ2n) is 15.1. The van der Waals surface area contributed by atoms with E-state index in [0.29, 0.717) is 58.5 Å².